The Kier molecular flexibility index (Phi) is 4.09. The Balaban J connectivity index is 2.54. The van der Waals surface area contributed by atoms with Crippen LogP contribution in [0.5, 0.6) is 0 Å². The minimum atomic E-state index is -4.15. The lowest BCUT2D eigenvalue weighted by Gasteiger charge is -2.09. The molecule has 0 bridgehead atoms. The maximum atomic E-state index is 12.1. The number of halogens is 2. The molecular weight excluding hydrogens is 351 g/mol. The number of hydrogen-bond acceptors (Lipinski definition) is 7. The minimum Gasteiger partial charge on any atom is -0.478 e. The molecule has 0 spiro atoms. The van der Waals surface area contributed by atoms with Crippen molar-refractivity contribution in [2.24, 2.45) is 0 Å². The fourth-order valence-corrected chi connectivity index (χ4v) is 3.75. The van der Waals surface area contributed by atoms with E-state index in [2.05, 4.69) is 19.5 Å². The lowest BCUT2D eigenvalue weighted by Crippen LogP contribution is -2.15. The van der Waals surface area contributed by atoms with Crippen LogP contribution in [-0.4, -0.2) is 34.3 Å². The van der Waals surface area contributed by atoms with Crippen LogP contribution >= 0.6 is 34.7 Å². The smallest absolute Gasteiger partial charge is 0.337 e. The highest BCUT2D eigenvalue weighted by atomic mass is 35.5. The molecule has 1 aromatic heterocycles. The summed E-state index contributed by atoms with van der Waals surface area (Å²) in [5, 5.41) is 15.0. The molecule has 0 atom stereocenters. The van der Waals surface area contributed by atoms with Crippen LogP contribution in [0, 0.1) is 0 Å². The average Bonchev–Trinajstić information content (AvgIpc) is 2.83. The molecule has 0 amide bonds. The largest absolute Gasteiger partial charge is 0.478 e. The predicted molar refractivity (Wildman–Crippen MR) is 71.9 cm³/mol. The minimum absolute atomic E-state index is 0.0810. The maximum absolute atomic E-state index is 12.1. The van der Waals surface area contributed by atoms with Gasteiger partial charge in [-0.15, -0.1) is 0 Å². The SMILES string of the molecule is O=C(O)c1cc(Cl)cc(S(=O)(=O)Nc2nnns2)c1Cl. The van der Waals surface area contributed by atoms with Gasteiger partial charge in [0.2, 0.25) is 5.13 Å². The second-order valence-electron chi connectivity index (χ2n) is 3.34. The summed E-state index contributed by atoms with van der Waals surface area (Å²) in [5.74, 6) is -1.40. The van der Waals surface area contributed by atoms with Gasteiger partial charge in [0, 0.05) is 16.6 Å². The molecule has 0 saturated carbocycles. The Morgan fingerprint density at radius 3 is 2.60 bits per heavy atom. The Bertz CT molecular complexity index is 763. The zero-order chi connectivity index (χ0) is 14.9. The number of carboxylic acids is 1. The van der Waals surface area contributed by atoms with Gasteiger partial charge in [0.05, 0.1) is 10.6 Å². The number of carboxylic acid groups (broad SMARTS) is 1. The fraction of sp³-hybridized carbons (Fsp3) is 0. The molecular formula is C8H4Cl2N4O4S2. The zero-order valence-corrected chi connectivity index (χ0v) is 12.4. The van der Waals surface area contributed by atoms with Crippen molar-refractivity contribution in [2.75, 3.05) is 4.72 Å². The van der Waals surface area contributed by atoms with Crippen molar-refractivity contribution >= 4 is 55.9 Å². The molecule has 0 radical (unpaired) electrons. The topological polar surface area (TPSA) is 122 Å². The van der Waals surface area contributed by atoms with E-state index in [0.29, 0.717) is 11.5 Å². The molecule has 2 N–H and O–H groups in total. The van der Waals surface area contributed by atoms with Gasteiger partial charge in [-0.25, -0.2) is 13.2 Å². The van der Waals surface area contributed by atoms with Crippen LogP contribution in [0.4, 0.5) is 5.13 Å². The van der Waals surface area contributed by atoms with E-state index in [1.807, 2.05) is 0 Å². The number of sulfonamides is 1. The van der Waals surface area contributed by atoms with Gasteiger partial charge in [0.15, 0.2) is 0 Å². The van der Waals surface area contributed by atoms with Crippen molar-refractivity contribution in [3.63, 3.8) is 0 Å². The first-order valence-electron chi connectivity index (χ1n) is 4.71. The molecule has 1 aromatic carbocycles. The lowest BCUT2D eigenvalue weighted by atomic mass is 10.2. The van der Waals surface area contributed by atoms with E-state index in [0.717, 1.165) is 12.1 Å². The number of hydrogen-bond donors (Lipinski definition) is 2. The van der Waals surface area contributed by atoms with E-state index in [4.69, 9.17) is 28.3 Å². The van der Waals surface area contributed by atoms with Crippen molar-refractivity contribution in [3.8, 4) is 0 Å². The third-order valence-electron chi connectivity index (χ3n) is 2.04. The van der Waals surface area contributed by atoms with E-state index in [1.165, 1.54) is 0 Å². The van der Waals surface area contributed by atoms with E-state index in [9.17, 15) is 13.2 Å². The molecule has 0 saturated heterocycles. The molecule has 0 fully saturated rings. The third-order valence-corrected chi connectivity index (χ3v) is 4.79. The Morgan fingerprint density at radius 2 is 2.05 bits per heavy atom. The third kappa shape index (κ3) is 2.98. The molecule has 12 heteroatoms. The maximum Gasteiger partial charge on any atom is 0.337 e. The summed E-state index contributed by atoms with van der Waals surface area (Å²) in [4.78, 5) is 10.5. The standard InChI is InChI=1S/C8H4Cl2N4O4S2/c9-3-1-4(7(15)16)6(10)5(2-3)20(17,18)12-8-11-13-14-19-8/h1-2H,(H,15,16)(H,11,12,14). The number of nitrogens with zero attached hydrogens (tertiary/aromatic N) is 3. The second kappa shape index (κ2) is 5.48. The van der Waals surface area contributed by atoms with Crippen LogP contribution in [-0.2, 0) is 10.0 Å². The van der Waals surface area contributed by atoms with Gasteiger partial charge in [0.1, 0.15) is 4.90 Å². The highest BCUT2D eigenvalue weighted by molar-refractivity contribution is 7.93. The summed E-state index contributed by atoms with van der Waals surface area (Å²) in [5.41, 5.74) is -0.421. The summed E-state index contributed by atoms with van der Waals surface area (Å²) < 4.78 is 29.7. The van der Waals surface area contributed by atoms with Crippen LogP contribution in [0.2, 0.25) is 10.0 Å². The van der Waals surface area contributed by atoms with E-state index < -0.39 is 31.5 Å². The summed E-state index contributed by atoms with van der Waals surface area (Å²) in [6.07, 6.45) is 0. The van der Waals surface area contributed by atoms with Gasteiger partial charge in [-0.1, -0.05) is 32.8 Å². The summed E-state index contributed by atoms with van der Waals surface area (Å²) in [6.45, 7) is 0. The molecule has 1 heterocycles. The van der Waals surface area contributed by atoms with Crippen LogP contribution in [0.15, 0.2) is 17.0 Å². The molecule has 106 valence electrons. The Hall–Kier alpha value is -1.49. The van der Waals surface area contributed by atoms with Crippen molar-refractivity contribution in [2.45, 2.75) is 4.90 Å². The van der Waals surface area contributed by atoms with E-state index >= 15 is 0 Å². The lowest BCUT2D eigenvalue weighted by molar-refractivity contribution is 0.0697. The van der Waals surface area contributed by atoms with Gasteiger partial charge in [0.25, 0.3) is 10.0 Å². The number of nitrogens with one attached hydrogen (secondary N) is 1. The normalized spacial score (nSPS) is 11.3. The number of aromatic nitrogens is 3. The number of rotatable bonds is 4. The van der Waals surface area contributed by atoms with Crippen molar-refractivity contribution in [1.82, 2.24) is 14.8 Å². The first-order chi connectivity index (χ1) is 9.31. The molecule has 0 aliphatic rings. The van der Waals surface area contributed by atoms with Crippen molar-refractivity contribution in [1.29, 1.82) is 0 Å². The first kappa shape index (κ1) is 14.9. The fourth-order valence-electron chi connectivity index (χ4n) is 1.26. The Labute approximate surface area is 126 Å². The molecule has 2 aromatic rings. The number of benzene rings is 1. The molecule has 0 unspecified atom stereocenters. The Morgan fingerprint density at radius 1 is 1.35 bits per heavy atom. The van der Waals surface area contributed by atoms with Crippen LogP contribution in [0.1, 0.15) is 10.4 Å². The first-order valence-corrected chi connectivity index (χ1v) is 7.72. The molecule has 20 heavy (non-hydrogen) atoms. The molecule has 2 rings (SSSR count). The second-order valence-corrected chi connectivity index (χ2v) is 6.54. The summed E-state index contributed by atoms with van der Waals surface area (Å²) >= 11 is 12.2. The highest BCUT2D eigenvalue weighted by Gasteiger charge is 2.24. The predicted octanol–water partition coefficient (Wildman–Crippen LogP) is 1.74. The molecule has 8 nitrogen and oxygen atoms in total. The molecule has 0 aliphatic carbocycles. The van der Waals surface area contributed by atoms with Crippen LogP contribution in [0.3, 0.4) is 0 Å². The quantitative estimate of drug-likeness (QED) is 0.856. The molecule has 0 aliphatic heterocycles. The van der Waals surface area contributed by atoms with Gasteiger partial charge >= 0.3 is 5.97 Å². The van der Waals surface area contributed by atoms with Gasteiger partial charge < -0.3 is 5.11 Å². The van der Waals surface area contributed by atoms with Crippen molar-refractivity contribution < 1.29 is 18.3 Å². The number of carbonyl (C=O) groups is 1. The van der Waals surface area contributed by atoms with Gasteiger partial charge in [-0.05, 0) is 17.3 Å². The van der Waals surface area contributed by atoms with E-state index in [1.54, 1.807) is 0 Å². The summed E-state index contributed by atoms with van der Waals surface area (Å²) in [6, 6.07) is 2.09. The summed E-state index contributed by atoms with van der Waals surface area (Å²) in [7, 11) is -4.15. The highest BCUT2D eigenvalue weighted by Crippen LogP contribution is 2.30. The average molecular weight is 355 g/mol. The van der Waals surface area contributed by atoms with Crippen molar-refractivity contribution in [3.05, 3.63) is 27.7 Å². The zero-order valence-electron chi connectivity index (χ0n) is 9.24. The number of aromatic carboxylic acids is 1. The van der Waals surface area contributed by atoms with Gasteiger partial charge in [-0.3, -0.25) is 4.72 Å². The van der Waals surface area contributed by atoms with Gasteiger partial charge in [-0.2, -0.15) is 0 Å². The number of anilines is 1. The van der Waals surface area contributed by atoms with E-state index in [-0.39, 0.29) is 10.2 Å². The van der Waals surface area contributed by atoms with Crippen LogP contribution in [0.25, 0.3) is 0 Å². The van der Waals surface area contributed by atoms with Crippen LogP contribution < -0.4 is 4.72 Å². The monoisotopic (exact) mass is 354 g/mol.